The summed E-state index contributed by atoms with van der Waals surface area (Å²) in [6.45, 7) is 0.667. The average molecular weight is 261 g/mol. The van der Waals surface area contributed by atoms with Crippen LogP contribution in [-0.4, -0.2) is 6.54 Å². The summed E-state index contributed by atoms with van der Waals surface area (Å²) in [6, 6.07) is 0. The Morgan fingerprint density at radius 3 is 2.16 bits per heavy atom. The van der Waals surface area contributed by atoms with Crippen LogP contribution >= 0.6 is 0 Å². The molecule has 0 atom stereocenters. The van der Waals surface area contributed by atoms with Crippen LogP contribution in [0.5, 0.6) is 0 Å². The fourth-order valence-corrected chi connectivity index (χ4v) is 2.49. The Kier molecular flexibility index (Phi) is 9.89. The van der Waals surface area contributed by atoms with E-state index in [1.807, 2.05) is 0 Å². The highest BCUT2D eigenvalue weighted by atomic mass is 15.1. The SMILES string of the molecule is [N-]=[N+]=NCCCCCCCCCCCC1=CCC=C1. The fourth-order valence-electron chi connectivity index (χ4n) is 2.49. The lowest BCUT2D eigenvalue weighted by atomic mass is 10.0. The number of hydrogen-bond acceptors (Lipinski definition) is 1. The largest absolute Gasteiger partial charge is 0.0940 e. The average Bonchev–Trinajstić information content (AvgIpc) is 2.93. The van der Waals surface area contributed by atoms with Crippen molar-refractivity contribution >= 4 is 0 Å². The van der Waals surface area contributed by atoms with E-state index in [2.05, 4.69) is 28.3 Å². The van der Waals surface area contributed by atoms with E-state index in [1.54, 1.807) is 5.57 Å². The van der Waals surface area contributed by atoms with Gasteiger partial charge in [-0.1, -0.05) is 73.9 Å². The monoisotopic (exact) mass is 261 g/mol. The standard InChI is InChI=1S/C16H27N3/c17-19-18-15-11-7-5-3-1-2-4-6-8-12-16-13-9-10-14-16/h9,13-14H,1-8,10-12,15H2. The third-order valence-corrected chi connectivity index (χ3v) is 3.63. The molecular formula is C16H27N3. The van der Waals surface area contributed by atoms with E-state index in [4.69, 9.17) is 5.53 Å². The molecule has 0 N–H and O–H groups in total. The van der Waals surface area contributed by atoms with Crippen molar-refractivity contribution in [1.29, 1.82) is 0 Å². The van der Waals surface area contributed by atoms with Crippen molar-refractivity contribution < 1.29 is 0 Å². The molecule has 0 radical (unpaired) electrons. The third kappa shape index (κ3) is 9.38. The first-order chi connectivity index (χ1) is 9.43. The van der Waals surface area contributed by atoms with Crippen LogP contribution in [0.25, 0.3) is 10.4 Å². The van der Waals surface area contributed by atoms with E-state index in [0.717, 1.165) is 12.8 Å². The van der Waals surface area contributed by atoms with Crippen molar-refractivity contribution in [2.45, 2.75) is 70.6 Å². The summed E-state index contributed by atoms with van der Waals surface area (Å²) in [5.41, 5.74) is 9.67. The molecule has 0 aliphatic heterocycles. The maximum absolute atomic E-state index is 8.13. The van der Waals surface area contributed by atoms with Gasteiger partial charge in [-0.3, -0.25) is 0 Å². The lowest BCUT2D eigenvalue weighted by Gasteiger charge is -2.02. The predicted octanol–water partition coefficient (Wildman–Crippen LogP) is 6.08. The lowest BCUT2D eigenvalue weighted by Crippen LogP contribution is -1.84. The van der Waals surface area contributed by atoms with Crippen LogP contribution in [0.4, 0.5) is 0 Å². The van der Waals surface area contributed by atoms with Crippen LogP contribution < -0.4 is 0 Å². The minimum atomic E-state index is 0.667. The van der Waals surface area contributed by atoms with Crippen molar-refractivity contribution in [3.8, 4) is 0 Å². The number of azide groups is 1. The highest BCUT2D eigenvalue weighted by Crippen LogP contribution is 2.17. The second-order valence-corrected chi connectivity index (χ2v) is 5.30. The van der Waals surface area contributed by atoms with E-state index >= 15 is 0 Å². The zero-order chi connectivity index (χ0) is 13.6. The molecule has 0 aromatic rings. The van der Waals surface area contributed by atoms with Gasteiger partial charge in [0.15, 0.2) is 0 Å². The molecule has 106 valence electrons. The molecule has 0 saturated heterocycles. The van der Waals surface area contributed by atoms with Gasteiger partial charge in [-0.2, -0.15) is 0 Å². The highest BCUT2D eigenvalue weighted by molar-refractivity contribution is 5.25. The maximum Gasteiger partial charge on any atom is 0.0257 e. The smallest absolute Gasteiger partial charge is 0.0257 e. The summed E-state index contributed by atoms with van der Waals surface area (Å²) in [6.07, 6.45) is 21.0. The van der Waals surface area contributed by atoms with Crippen LogP contribution in [-0.2, 0) is 0 Å². The number of hydrogen-bond donors (Lipinski definition) is 0. The van der Waals surface area contributed by atoms with Crippen LogP contribution in [0, 0.1) is 0 Å². The number of nitrogens with zero attached hydrogens (tertiary/aromatic N) is 3. The van der Waals surface area contributed by atoms with Gasteiger partial charge in [0.2, 0.25) is 0 Å². The molecule has 0 unspecified atom stereocenters. The molecule has 0 heterocycles. The molecule has 0 aromatic heterocycles. The van der Waals surface area contributed by atoms with E-state index in [-0.39, 0.29) is 0 Å². The summed E-state index contributed by atoms with van der Waals surface area (Å²) in [5, 5.41) is 3.54. The maximum atomic E-state index is 8.13. The number of allylic oxidation sites excluding steroid dienone is 4. The second-order valence-electron chi connectivity index (χ2n) is 5.30. The van der Waals surface area contributed by atoms with Crippen molar-refractivity contribution in [2.75, 3.05) is 6.54 Å². The molecule has 19 heavy (non-hydrogen) atoms. The number of unbranched alkanes of at least 4 members (excludes halogenated alkanes) is 8. The molecular weight excluding hydrogens is 234 g/mol. The molecule has 1 aliphatic carbocycles. The molecule has 0 saturated carbocycles. The Balaban J connectivity index is 1.74. The first-order valence-electron chi connectivity index (χ1n) is 7.80. The van der Waals surface area contributed by atoms with E-state index in [1.165, 1.54) is 57.8 Å². The Hall–Kier alpha value is -1.21. The van der Waals surface area contributed by atoms with Gasteiger partial charge in [0, 0.05) is 11.5 Å². The minimum Gasteiger partial charge on any atom is -0.0940 e. The van der Waals surface area contributed by atoms with Crippen LogP contribution in [0.1, 0.15) is 70.6 Å². The molecule has 0 bridgehead atoms. The molecule has 3 nitrogen and oxygen atoms in total. The van der Waals surface area contributed by atoms with Crippen molar-refractivity contribution in [2.24, 2.45) is 5.11 Å². The quantitative estimate of drug-likeness (QED) is 0.177. The molecule has 1 rings (SSSR count). The van der Waals surface area contributed by atoms with Gasteiger partial charge in [-0.05, 0) is 31.2 Å². The zero-order valence-electron chi connectivity index (χ0n) is 12.1. The van der Waals surface area contributed by atoms with Crippen LogP contribution in [0.3, 0.4) is 0 Å². The summed E-state index contributed by atoms with van der Waals surface area (Å²) in [5.74, 6) is 0. The normalized spacial score (nSPS) is 13.4. The minimum absolute atomic E-state index is 0.667. The first kappa shape index (κ1) is 15.8. The Bertz CT molecular complexity index is 325. The van der Waals surface area contributed by atoms with E-state index < -0.39 is 0 Å². The topological polar surface area (TPSA) is 48.8 Å². The highest BCUT2D eigenvalue weighted by Gasteiger charge is 1.97. The van der Waals surface area contributed by atoms with Crippen molar-refractivity contribution in [3.05, 3.63) is 34.2 Å². The molecule has 0 fully saturated rings. The first-order valence-corrected chi connectivity index (χ1v) is 7.80. The summed E-state index contributed by atoms with van der Waals surface area (Å²) >= 11 is 0. The van der Waals surface area contributed by atoms with Gasteiger partial charge >= 0.3 is 0 Å². The Morgan fingerprint density at radius 1 is 0.947 bits per heavy atom. The zero-order valence-corrected chi connectivity index (χ0v) is 12.1. The van der Waals surface area contributed by atoms with Gasteiger partial charge in [0.25, 0.3) is 0 Å². The Labute approximate surface area is 117 Å². The van der Waals surface area contributed by atoms with Gasteiger partial charge in [-0.25, -0.2) is 0 Å². The van der Waals surface area contributed by atoms with Crippen LogP contribution in [0.15, 0.2) is 28.9 Å². The van der Waals surface area contributed by atoms with Gasteiger partial charge in [-0.15, -0.1) is 0 Å². The molecule has 0 spiro atoms. The van der Waals surface area contributed by atoms with Crippen molar-refractivity contribution in [1.82, 2.24) is 0 Å². The molecule has 3 heteroatoms. The predicted molar refractivity (Wildman–Crippen MR) is 82.0 cm³/mol. The van der Waals surface area contributed by atoms with E-state index in [0.29, 0.717) is 6.54 Å². The van der Waals surface area contributed by atoms with Crippen LogP contribution in [0.2, 0.25) is 0 Å². The van der Waals surface area contributed by atoms with Gasteiger partial charge in [0.05, 0.1) is 0 Å². The Morgan fingerprint density at radius 2 is 1.58 bits per heavy atom. The van der Waals surface area contributed by atoms with Gasteiger partial charge < -0.3 is 0 Å². The van der Waals surface area contributed by atoms with Gasteiger partial charge in [0.1, 0.15) is 0 Å². The summed E-state index contributed by atoms with van der Waals surface area (Å²) in [7, 11) is 0. The number of rotatable bonds is 12. The second kappa shape index (κ2) is 11.9. The molecule has 0 aromatic carbocycles. The lowest BCUT2D eigenvalue weighted by molar-refractivity contribution is 0.560. The summed E-state index contributed by atoms with van der Waals surface area (Å²) in [4.78, 5) is 2.76. The third-order valence-electron chi connectivity index (χ3n) is 3.63. The van der Waals surface area contributed by atoms with E-state index in [9.17, 15) is 0 Å². The molecule has 1 aliphatic rings. The van der Waals surface area contributed by atoms with Crippen molar-refractivity contribution in [3.63, 3.8) is 0 Å². The molecule has 0 amide bonds. The summed E-state index contributed by atoms with van der Waals surface area (Å²) < 4.78 is 0. The fraction of sp³-hybridized carbons (Fsp3) is 0.750.